The Morgan fingerprint density at radius 2 is 2.14 bits per heavy atom. The van der Waals surface area contributed by atoms with Gasteiger partial charge in [0.15, 0.2) is 0 Å². The van der Waals surface area contributed by atoms with Crippen molar-refractivity contribution in [3.8, 4) is 0 Å². The van der Waals surface area contributed by atoms with E-state index in [1.165, 1.54) is 25.1 Å². The molecule has 1 saturated heterocycles. The third kappa shape index (κ3) is 4.41. The van der Waals surface area contributed by atoms with Gasteiger partial charge in [0.25, 0.3) is 0 Å². The number of imidazole rings is 1. The van der Waals surface area contributed by atoms with Crippen LogP contribution in [0.5, 0.6) is 0 Å². The summed E-state index contributed by atoms with van der Waals surface area (Å²) in [6, 6.07) is 11.4. The highest BCUT2D eigenvalue weighted by Gasteiger charge is 2.21. The van der Waals surface area contributed by atoms with Crippen LogP contribution in [0.2, 0.25) is 0 Å². The molecule has 4 heteroatoms. The Morgan fingerprint density at radius 3 is 2.95 bits per heavy atom. The van der Waals surface area contributed by atoms with Gasteiger partial charge in [0.2, 0.25) is 0 Å². The van der Waals surface area contributed by atoms with E-state index in [1.54, 1.807) is 0 Å². The molecule has 112 valence electrons. The van der Waals surface area contributed by atoms with Gasteiger partial charge in [-0.2, -0.15) is 0 Å². The second-order valence-electron chi connectivity index (χ2n) is 5.81. The number of rotatable bonds is 7. The van der Waals surface area contributed by atoms with Crippen LogP contribution in [0.4, 0.5) is 0 Å². The molecule has 1 aliphatic heterocycles. The first-order valence-electron chi connectivity index (χ1n) is 7.85. The number of hydrogen-bond donors (Lipinski definition) is 1. The van der Waals surface area contributed by atoms with E-state index in [0.29, 0.717) is 6.04 Å². The van der Waals surface area contributed by atoms with Crippen molar-refractivity contribution < 1.29 is 0 Å². The van der Waals surface area contributed by atoms with Gasteiger partial charge in [-0.1, -0.05) is 30.3 Å². The molecule has 1 aromatic carbocycles. The lowest BCUT2D eigenvalue weighted by molar-refractivity contribution is 0.319. The standard InChI is InChI=1S/C17H24N4/c1-2-5-16(6-3-1)13-21-11-7-17(14-21)19-8-4-10-20-12-9-18-15-20/h1-3,5-6,9,12,15,17,19H,4,7-8,10-11,13-14H2. The Morgan fingerprint density at radius 1 is 1.24 bits per heavy atom. The molecule has 2 aromatic rings. The quantitative estimate of drug-likeness (QED) is 0.791. The summed E-state index contributed by atoms with van der Waals surface area (Å²) < 4.78 is 2.14. The molecule has 1 aromatic heterocycles. The van der Waals surface area contributed by atoms with Crippen molar-refractivity contribution >= 4 is 0 Å². The van der Waals surface area contributed by atoms with Gasteiger partial charge in [0, 0.05) is 44.6 Å². The SMILES string of the molecule is c1ccc(CN2CCC(NCCCn3ccnc3)C2)cc1. The molecule has 1 fully saturated rings. The molecule has 1 unspecified atom stereocenters. The lowest BCUT2D eigenvalue weighted by atomic mass is 10.2. The van der Waals surface area contributed by atoms with E-state index in [9.17, 15) is 0 Å². The van der Waals surface area contributed by atoms with Crippen molar-refractivity contribution in [2.75, 3.05) is 19.6 Å². The number of aromatic nitrogens is 2. The first-order valence-corrected chi connectivity index (χ1v) is 7.85. The molecule has 0 amide bonds. The zero-order valence-corrected chi connectivity index (χ0v) is 12.5. The number of nitrogens with one attached hydrogen (secondary N) is 1. The highest BCUT2D eigenvalue weighted by molar-refractivity contribution is 5.14. The molecule has 1 atom stereocenters. The van der Waals surface area contributed by atoms with Gasteiger partial charge in [-0.05, 0) is 24.9 Å². The van der Waals surface area contributed by atoms with Crippen LogP contribution in [0.3, 0.4) is 0 Å². The first-order chi connectivity index (χ1) is 10.4. The predicted molar refractivity (Wildman–Crippen MR) is 85.0 cm³/mol. The van der Waals surface area contributed by atoms with Crippen molar-refractivity contribution in [3.63, 3.8) is 0 Å². The third-order valence-corrected chi connectivity index (χ3v) is 4.11. The smallest absolute Gasteiger partial charge is 0.0945 e. The summed E-state index contributed by atoms with van der Waals surface area (Å²) in [6.07, 6.45) is 8.17. The third-order valence-electron chi connectivity index (χ3n) is 4.11. The second kappa shape index (κ2) is 7.38. The predicted octanol–water partition coefficient (Wildman–Crippen LogP) is 2.14. The molecular formula is C17H24N4. The second-order valence-corrected chi connectivity index (χ2v) is 5.81. The molecule has 21 heavy (non-hydrogen) atoms. The van der Waals surface area contributed by atoms with Gasteiger partial charge < -0.3 is 9.88 Å². The van der Waals surface area contributed by atoms with Crippen LogP contribution in [-0.2, 0) is 13.1 Å². The van der Waals surface area contributed by atoms with E-state index < -0.39 is 0 Å². The Hall–Kier alpha value is -1.65. The van der Waals surface area contributed by atoms with Gasteiger partial charge >= 0.3 is 0 Å². The van der Waals surface area contributed by atoms with E-state index in [-0.39, 0.29) is 0 Å². The maximum absolute atomic E-state index is 4.06. The van der Waals surface area contributed by atoms with Crippen molar-refractivity contribution in [1.82, 2.24) is 19.8 Å². The number of benzene rings is 1. The van der Waals surface area contributed by atoms with Crippen LogP contribution in [-0.4, -0.2) is 40.1 Å². The average molecular weight is 284 g/mol. The molecule has 0 bridgehead atoms. The number of aryl methyl sites for hydroxylation is 1. The zero-order valence-electron chi connectivity index (χ0n) is 12.5. The van der Waals surface area contributed by atoms with Crippen LogP contribution in [0.25, 0.3) is 0 Å². The van der Waals surface area contributed by atoms with Gasteiger partial charge in [-0.25, -0.2) is 4.98 Å². The molecule has 4 nitrogen and oxygen atoms in total. The molecule has 0 aliphatic carbocycles. The summed E-state index contributed by atoms with van der Waals surface area (Å²) >= 11 is 0. The Balaban J connectivity index is 1.33. The normalized spacial score (nSPS) is 19.1. The van der Waals surface area contributed by atoms with Crippen LogP contribution in [0.1, 0.15) is 18.4 Å². The van der Waals surface area contributed by atoms with Crippen LogP contribution >= 0.6 is 0 Å². The van der Waals surface area contributed by atoms with Crippen molar-refractivity contribution in [2.24, 2.45) is 0 Å². The fourth-order valence-corrected chi connectivity index (χ4v) is 2.97. The van der Waals surface area contributed by atoms with Crippen LogP contribution in [0, 0.1) is 0 Å². The highest BCUT2D eigenvalue weighted by Crippen LogP contribution is 2.13. The summed E-state index contributed by atoms with van der Waals surface area (Å²) in [4.78, 5) is 6.61. The van der Waals surface area contributed by atoms with Gasteiger partial charge in [0.05, 0.1) is 6.33 Å². The minimum absolute atomic E-state index is 0.650. The Labute approximate surface area is 126 Å². The van der Waals surface area contributed by atoms with Crippen LogP contribution < -0.4 is 5.32 Å². The number of likely N-dealkylation sites (tertiary alicyclic amines) is 1. The van der Waals surface area contributed by atoms with E-state index >= 15 is 0 Å². The van der Waals surface area contributed by atoms with Crippen molar-refractivity contribution in [3.05, 3.63) is 54.6 Å². The number of hydrogen-bond acceptors (Lipinski definition) is 3. The fraction of sp³-hybridized carbons (Fsp3) is 0.471. The maximum atomic E-state index is 4.06. The van der Waals surface area contributed by atoms with Crippen molar-refractivity contribution in [1.29, 1.82) is 0 Å². The summed E-state index contributed by atoms with van der Waals surface area (Å²) in [6.45, 7) is 5.58. The largest absolute Gasteiger partial charge is 0.337 e. The molecule has 2 heterocycles. The molecular weight excluding hydrogens is 260 g/mol. The van der Waals surface area contributed by atoms with Gasteiger partial charge in [-0.3, -0.25) is 4.90 Å². The van der Waals surface area contributed by atoms with Gasteiger partial charge in [-0.15, -0.1) is 0 Å². The van der Waals surface area contributed by atoms with E-state index in [1.807, 2.05) is 18.7 Å². The summed E-state index contributed by atoms with van der Waals surface area (Å²) in [5.41, 5.74) is 1.42. The van der Waals surface area contributed by atoms with Crippen molar-refractivity contribution in [2.45, 2.75) is 32.0 Å². The topological polar surface area (TPSA) is 33.1 Å². The molecule has 1 N–H and O–H groups in total. The minimum atomic E-state index is 0.650. The Kier molecular flexibility index (Phi) is 5.03. The maximum Gasteiger partial charge on any atom is 0.0945 e. The zero-order chi connectivity index (χ0) is 14.3. The van der Waals surface area contributed by atoms with E-state index in [0.717, 1.165) is 26.1 Å². The number of nitrogens with zero attached hydrogens (tertiary/aromatic N) is 3. The van der Waals surface area contributed by atoms with E-state index in [4.69, 9.17) is 0 Å². The molecule has 1 aliphatic rings. The van der Waals surface area contributed by atoms with Crippen LogP contribution in [0.15, 0.2) is 49.1 Å². The molecule has 0 spiro atoms. The summed E-state index contributed by atoms with van der Waals surface area (Å²) in [5, 5.41) is 3.68. The minimum Gasteiger partial charge on any atom is -0.337 e. The fourth-order valence-electron chi connectivity index (χ4n) is 2.97. The molecule has 0 saturated carbocycles. The monoisotopic (exact) mass is 284 g/mol. The lowest BCUT2D eigenvalue weighted by Gasteiger charge is -2.16. The molecule has 3 rings (SSSR count). The average Bonchev–Trinajstić information content (AvgIpc) is 3.17. The lowest BCUT2D eigenvalue weighted by Crippen LogP contribution is -2.33. The van der Waals surface area contributed by atoms with E-state index in [2.05, 4.69) is 50.1 Å². The summed E-state index contributed by atoms with van der Waals surface area (Å²) in [7, 11) is 0. The molecule has 0 radical (unpaired) electrons. The first kappa shape index (κ1) is 14.3. The van der Waals surface area contributed by atoms with Gasteiger partial charge in [0.1, 0.15) is 0 Å². The summed E-state index contributed by atoms with van der Waals surface area (Å²) in [5.74, 6) is 0. The highest BCUT2D eigenvalue weighted by atomic mass is 15.2. The Bertz CT molecular complexity index is 509.